The molecule has 2 heterocycles. The van der Waals surface area contributed by atoms with Gasteiger partial charge in [-0.2, -0.15) is 0 Å². The molecule has 0 fully saturated rings. The van der Waals surface area contributed by atoms with E-state index in [-0.39, 0.29) is 11.9 Å². The van der Waals surface area contributed by atoms with Crippen LogP contribution >= 0.6 is 11.6 Å². The normalized spacial score (nSPS) is 21.2. The van der Waals surface area contributed by atoms with Crippen molar-refractivity contribution in [2.24, 2.45) is 5.92 Å². The van der Waals surface area contributed by atoms with Crippen molar-refractivity contribution in [3.8, 4) is 0 Å². The molecule has 122 valence electrons. The second kappa shape index (κ2) is 5.89. The van der Waals surface area contributed by atoms with Crippen LogP contribution < -0.4 is 5.32 Å². The second-order valence-electron chi connectivity index (χ2n) is 6.40. The molecule has 5 nitrogen and oxygen atoms in total. The van der Waals surface area contributed by atoms with Crippen molar-refractivity contribution in [2.75, 3.05) is 20.1 Å². The number of nitrogens with one attached hydrogen (secondary N) is 1. The zero-order chi connectivity index (χ0) is 16.7. The predicted molar refractivity (Wildman–Crippen MR) is 88.9 cm³/mol. The van der Waals surface area contributed by atoms with Crippen LogP contribution in [0, 0.1) is 5.92 Å². The van der Waals surface area contributed by atoms with Gasteiger partial charge in [0.15, 0.2) is 0 Å². The van der Waals surface area contributed by atoms with E-state index in [9.17, 15) is 9.59 Å². The Labute approximate surface area is 140 Å². The fourth-order valence-electron chi connectivity index (χ4n) is 3.15. The summed E-state index contributed by atoms with van der Waals surface area (Å²) in [7, 11) is 1.69. The number of rotatable bonds is 3. The third kappa shape index (κ3) is 2.70. The van der Waals surface area contributed by atoms with Crippen molar-refractivity contribution < 1.29 is 9.59 Å². The fourth-order valence-corrected chi connectivity index (χ4v) is 3.40. The highest BCUT2D eigenvalue weighted by Crippen LogP contribution is 2.38. The lowest BCUT2D eigenvalue weighted by Crippen LogP contribution is -2.45. The first-order valence-electron chi connectivity index (χ1n) is 7.71. The van der Waals surface area contributed by atoms with E-state index >= 15 is 0 Å². The summed E-state index contributed by atoms with van der Waals surface area (Å²) in [6.45, 7) is 5.28. The number of halogens is 1. The molecule has 1 atom stereocenters. The molecule has 2 aliphatic rings. The van der Waals surface area contributed by atoms with Gasteiger partial charge in [0.1, 0.15) is 0 Å². The summed E-state index contributed by atoms with van der Waals surface area (Å²) in [5, 5.41) is 3.44. The van der Waals surface area contributed by atoms with Gasteiger partial charge in [0.2, 0.25) is 0 Å². The molecule has 0 saturated carbocycles. The molecule has 0 bridgehead atoms. The Morgan fingerprint density at radius 2 is 2.00 bits per heavy atom. The Morgan fingerprint density at radius 1 is 1.30 bits per heavy atom. The van der Waals surface area contributed by atoms with E-state index < -0.39 is 6.04 Å². The third-order valence-electron chi connectivity index (χ3n) is 4.24. The lowest BCUT2D eigenvalue weighted by Gasteiger charge is -2.31. The molecule has 3 amide bonds. The summed E-state index contributed by atoms with van der Waals surface area (Å²) in [5.74, 6) is 0.346. The molecule has 0 unspecified atom stereocenters. The van der Waals surface area contributed by atoms with Gasteiger partial charge < -0.3 is 10.2 Å². The molecule has 1 aromatic carbocycles. The number of urea groups is 1. The predicted octanol–water partition coefficient (Wildman–Crippen LogP) is 2.79. The van der Waals surface area contributed by atoms with Gasteiger partial charge in [-0.3, -0.25) is 9.69 Å². The van der Waals surface area contributed by atoms with Crippen molar-refractivity contribution in [2.45, 2.75) is 19.9 Å². The average molecular weight is 334 g/mol. The number of nitrogens with zero attached hydrogens (tertiary/aromatic N) is 2. The van der Waals surface area contributed by atoms with Gasteiger partial charge in [0.05, 0.1) is 23.9 Å². The largest absolute Gasteiger partial charge is 0.333 e. The maximum Gasteiger partial charge on any atom is 0.322 e. The number of hydrogen-bond acceptors (Lipinski definition) is 2. The van der Waals surface area contributed by atoms with E-state index in [2.05, 4.69) is 19.2 Å². The van der Waals surface area contributed by atoms with E-state index in [1.54, 1.807) is 18.0 Å². The molecule has 1 N–H and O–H groups in total. The number of likely N-dealkylation sites (N-methyl/N-ethyl adjacent to an activating group) is 1. The first kappa shape index (κ1) is 15.9. The van der Waals surface area contributed by atoms with Gasteiger partial charge in [-0.05, 0) is 17.5 Å². The Kier molecular flexibility index (Phi) is 4.06. The van der Waals surface area contributed by atoms with Crippen LogP contribution in [0.15, 0.2) is 35.5 Å². The number of carbonyl (C=O) groups is 2. The van der Waals surface area contributed by atoms with Crippen molar-refractivity contribution in [3.05, 3.63) is 46.1 Å². The van der Waals surface area contributed by atoms with Gasteiger partial charge in [-0.25, -0.2) is 4.79 Å². The third-order valence-corrected chi connectivity index (χ3v) is 4.58. The smallest absolute Gasteiger partial charge is 0.322 e. The maximum atomic E-state index is 12.9. The van der Waals surface area contributed by atoms with E-state index in [1.165, 1.54) is 4.90 Å². The maximum absolute atomic E-state index is 12.9. The zero-order valence-electron chi connectivity index (χ0n) is 13.5. The molecule has 3 rings (SSSR count). The van der Waals surface area contributed by atoms with E-state index in [0.29, 0.717) is 29.6 Å². The van der Waals surface area contributed by atoms with Crippen LogP contribution in [-0.2, 0) is 4.79 Å². The van der Waals surface area contributed by atoms with Crippen LogP contribution in [0.1, 0.15) is 25.5 Å². The first-order valence-corrected chi connectivity index (χ1v) is 8.09. The molecule has 0 aromatic heterocycles. The zero-order valence-corrected chi connectivity index (χ0v) is 14.2. The Balaban J connectivity index is 2.03. The highest BCUT2D eigenvalue weighted by Gasteiger charge is 2.43. The Hall–Kier alpha value is -2.01. The topological polar surface area (TPSA) is 52.7 Å². The molecule has 6 heteroatoms. The molecule has 1 aromatic rings. The number of hydrogen-bond donors (Lipinski definition) is 1. The van der Waals surface area contributed by atoms with Crippen LogP contribution in [0.5, 0.6) is 0 Å². The van der Waals surface area contributed by atoms with Crippen LogP contribution in [-0.4, -0.2) is 41.9 Å². The van der Waals surface area contributed by atoms with Gasteiger partial charge in [0.25, 0.3) is 5.91 Å². The van der Waals surface area contributed by atoms with Gasteiger partial charge >= 0.3 is 6.03 Å². The minimum atomic E-state index is -0.493. The summed E-state index contributed by atoms with van der Waals surface area (Å²) in [6.07, 6.45) is 0. The average Bonchev–Trinajstić information content (AvgIpc) is 2.81. The van der Waals surface area contributed by atoms with Crippen molar-refractivity contribution in [1.82, 2.24) is 15.1 Å². The van der Waals surface area contributed by atoms with Crippen LogP contribution in [0.3, 0.4) is 0 Å². The molecule has 0 spiro atoms. The highest BCUT2D eigenvalue weighted by atomic mass is 35.5. The summed E-state index contributed by atoms with van der Waals surface area (Å²) in [5.41, 5.74) is 2.15. The van der Waals surface area contributed by atoms with E-state index in [0.717, 1.165) is 11.3 Å². The van der Waals surface area contributed by atoms with E-state index in [4.69, 9.17) is 11.6 Å². The molecule has 23 heavy (non-hydrogen) atoms. The lowest BCUT2D eigenvalue weighted by atomic mass is 9.95. The van der Waals surface area contributed by atoms with Gasteiger partial charge in [-0.15, -0.1) is 0 Å². The highest BCUT2D eigenvalue weighted by molar-refractivity contribution is 6.31. The Morgan fingerprint density at radius 3 is 2.65 bits per heavy atom. The van der Waals surface area contributed by atoms with E-state index in [1.807, 2.05) is 18.2 Å². The standard InChI is InChI=1S/C17H20ClN3O2/c1-10(2)8-21-9-13-14(16(21)22)15(19-17(23)20(13)3)11-6-4-5-7-12(11)18/h4-7,10,15H,8-9H2,1-3H3,(H,19,23)/t15-/m0/s1. The SMILES string of the molecule is CC(C)CN1CC2=C(C1=O)[C@H](c1ccccc1Cl)NC(=O)N2C. The fraction of sp³-hybridized carbons (Fsp3) is 0.412. The van der Waals surface area contributed by atoms with Gasteiger partial charge in [-0.1, -0.05) is 43.6 Å². The minimum Gasteiger partial charge on any atom is -0.333 e. The number of benzene rings is 1. The molecule has 0 saturated heterocycles. The minimum absolute atomic E-state index is 0.0227. The number of amides is 3. The summed E-state index contributed by atoms with van der Waals surface area (Å²) >= 11 is 6.29. The lowest BCUT2D eigenvalue weighted by molar-refractivity contribution is -0.126. The first-order chi connectivity index (χ1) is 10.9. The van der Waals surface area contributed by atoms with Crippen molar-refractivity contribution in [1.29, 1.82) is 0 Å². The monoisotopic (exact) mass is 333 g/mol. The molecule has 0 radical (unpaired) electrons. The van der Waals surface area contributed by atoms with Crippen molar-refractivity contribution in [3.63, 3.8) is 0 Å². The summed E-state index contributed by atoms with van der Waals surface area (Å²) < 4.78 is 0. The summed E-state index contributed by atoms with van der Waals surface area (Å²) in [4.78, 5) is 28.5. The second-order valence-corrected chi connectivity index (χ2v) is 6.81. The van der Waals surface area contributed by atoms with Crippen molar-refractivity contribution >= 4 is 23.5 Å². The van der Waals surface area contributed by atoms with Gasteiger partial charge in [0, 0.05) is 18.6 Å². The molecule has 0 aliphatic carbocycles. The quantitative estimate of drug-likeness (QED) is 0.924. The van der Waals surface area contributed by atoms with Crippen LogP contribution in [0.25, 0.3) is 0 Å². The number of carbonyl (C=O) groups excluding carboxylic acids is 2. The molecular formula is C17H20ClN3O2. The molecular weight excluding hydrogens is 314 g/mol. The molecule has 2 aliphatic heterocycles. The Bertz CT molecular complexity index is 699. The van der Waals surface area contributed by atoms with Crippen LogP contribution in [0.4, 0.5) is 4.79 Å². The summed E-state index contributed by atoms with van der Waals surface area (Å²) in [6, 6.07) is 6.60. The van der Waals surface area contributed by atoms with Crippen LogP contribution in [0.2, 0.25) is 5.02 Å².